The van der Waals surface area contributed by atoms with E-state index in [9.17, 15) is 14.7 Å². The van der Waals surface area contributed by atoms with Gasteiger partial charge in [0, 0.05) is 49.2 Å². The lowest BCUT2D eigenvalue weighted by Crippen LogP contribution is -2.42. The Labute approximate surface area is 179 Å². The number of pyridine rings is 1. The molecule has 1 amide bonds. The van der Waals surface area contributed by atoms with Crippen LogP contribution < -0.4 is 0 Å². The first kappa shape index (κ1) is 20.5. The van der Waals surface area contributed by atoms with E-state index in [2.05, 4.69) is 9.88 Å². The molecule has 1 N–H and O–H groups in total. The third-order valence-corrected chi connectivity index (χ3v) is 5.69. The molecule has 2 aliphatic rings. The van der Waals surface area contributed by atoms with E-state index in [1.165, 1.54) is 4.90 Å². The van der Waals surface area contributed by atoms with Crippen LogP contribution in [0.3, 0.4) is 0 Å². The predicted octanol–water partition coefficient (Wildman–Crippen LogP) is 2.49. The minimum Gasteiger partial charge on any atom is -0.507 e. The molecule has 2 aromatic rings. The molecule has 2 aliphatic heterocycles. The molecule has 1 aromatic heterocycles. The number of aliphatic hydroxyl groups is 1. The Bertz CT molecular complexity index is 956. The molecule has 0 spiro atoms. The molecule has 0 unspecified atom stereocenters. The highest BCUT2D eigenvalue weighted by molar-refractivity contribution is 6.46. The number of ether oxygens (including phenoxy) is 1. The second-order valence-corrected chi connectivity index (χ2v) is 7.67. The average molecular weight is 428 g/mol. The Morgan fingerprint density at radius 2 is 1.73 bits per heavy atom. The van der Waals surface area contributed by atoms with Crippen molar-refractivity contribution >= 4 is 29.1 Å². The molecule has 2 saturated heterocycles. The van der Waals surface area contributed by atoms with Gasteiger partial charge in [0.05, 0.1) is 24.8 Å². The van der Waals surface area contributed by atoms with Gasteiger partial charge in [0.25, 0.3) is 11.7 Å². The highest BCUT2D eigenvalue weighted by Gasteiger charge is 2.46. The SMILES string of the molecule is O=C1C(=O)N(CCN2CCOCC2)[C@@H](c2ccncc2)C1=C(O)c1ccc(Cl)cc1. The third-order valence-electron chi connectivity index (χ3n) is 5.44. The minimum atomic E-state index is -0.689. The van der Waals surface area contributed by atoms with Gasteiger partial charge in [-0.15, -0.1) is 0 Å². The van der Waals surface area contributed by atoms with Gasteiger partial charge in [-0.25, -0.2) is 0 Å². The summed E-state index contributed by atoms with van der Waals surface area (Å²) in [5, 5.41) is 11.5. The van der Waals surface area contributed by atoms with E-state index in [4.69, 9.17) is 16.3 Å². The number of hydrogen-bond acceptors (Lipinski definition) is 6. The second-order valence-electron chi connectivity index (χ2n) is 7.23. The van der Waals surface area contributed by atoms with Crippen molar-refractivity contribution in [2.24, 2.45) is 0 Å². The summed E-state index contributed by atoms with van der Waals surface area (Å²) in [6.07, 6.45) is 3.22. The summed E-state index contributed by atoms with van der Waals surface area (Å²) in [5.74, 6) is -1.51. The molecule has 156 valence electrons. The van der Waals surface area contributed by atoms with Gasteiger partial charge < -0.3 is 14.7 Å². The average Bonchev–Trinajstić information content (AvgIpc) is 3.04. The molecule has 0 radical (unpaired) electrons. The number of ketones is 1. The molecule has 3 heterocycles. The fraction of sp³-hybridized carbons (Fsp3) is 0.318. The Morgan fingerprint density at radius 1 is 1.07 bits per heavy atom. The van der Waals surface area contributed by atoms with Crippen LogP contribution in [0.2, 0.25) is 5.02 Å². The minimum absolute atomic E-state index is 0.0792. The van der Waals surface area contributed by atoms with Gasteiger partial charge in [0.1, 0.15) is 5.76 Å². The van der Waals surface area contributed by atoms with Gasteiger partial charge in [0.15, 0.2) is 0 Å². The van der Waals surface area contributed by atoms with Crippen molar-refractivity contribution in [3.05, 3.63) is 70.5 Å². The van der Waals surface area contributed by atoms with Crippen molar-refractivity contribution < 1.29 is 19.4 Å². The first-order chi connectivity index (χ1) is 14.6. The van der Waals surface area contributed by atoms with E-state index >= 15 is 0 Å². The maximum Gasteiger partial charge on any atom is 0.295 e. The first-order valence-electron chi connectivity index (χ1n) is 9.80. The van der Waals surface area contributed by atoms with Crippen LogP contribution in [-0.4, -0.2) is 71.0 Å². The van der Waals surface area contributed by atoms with Crippen molar-refractivity contribution in [3.8, 4) is 0 Å². The quantitative estimate of drug-likeness (QED) is 0.448. The zero-order valence-electron chi connectivity index (χ0n) is 16.3. The maximum absolute atomic E-state index is 12.9. The van der Waals surface area contributed by atoms with Gasteiger partial charge in [-0.3, -0.25) is 19.5 Å². The van der Waals surface area contributed by atoms with Crippen LogP contribution in [0.1, 0.15) is 17.2 Å². The molecule has 8 heteroatoms. The van der Waals surface area contributed by atoms with Crippen molar-refractivity contribution in [1.29, 1.82) is 0 Å². The number of morpholine rings is 1. The number of amides is 1. The lowest BCUT2D eigenvalue weighted by atomic mass is 9.96. The van der Waals surface area contributed by atoms with Crippen molar-refractivity contribution in [2.45, 2.75) is 6.04 Å². The Hall–Kier alpha value is -2.74. The monoisotopic (exact) mass is 427 g/mol. The maximum atomic E-state index is 12.9. The molecule has 7 nitrogen and oxygen atoms in total. The zero-order valence-corrected chi connectivity index (χ0v) is 17.1. The summed E-state index contributed by atoms with van der Waals surface area (Å²) in [6, 6.07) is 9.36. The number of rotatable bonds is 5. The zero-order chi connectivity index (χ0) is 21.1. The summed E-state index contributed by atoms with van der Waals surface area (Å²) < 4.78 is 5.37. The van der Waals surface area contributed by atoms with Crippen LogP contribution in [0.4, 0.5) is 0 Å². The van der Waals surface area contributed by atoms with Gasteiger partial charge in [0.2, 0.25) is 0 Å². The molecule has 2 fully saturated rings. The number of nitrogens with zero attached hydrogens (tertiary/aromatic N) is 3. The molecular formula is C22H22ClN3O4. The number of hydrogen-bond donors (Lipinski definition) is 1. The number of likely N-dealkylation sites (tertiary alicyclic amines) is 1. The number of benzene rings is 1. The summed E-state index contributed by atoms with van der Waals surface area (Å²) >= 11 is 5.94. The van der Waals surface area contributed by atoms with Gasteiger partial charge in [-0.1, -0.05) is 11.6 Å². The van der Waals surface area contributed by atoms with Gasteiger partial charge in [-0.2, -0.15) is 0 Å². The number of carbonyl (C=O) groups excluding carboxylic acids is 2. The molecule has 0 saturated carbocycles. The van der Waals surface area contributed by atoms with Crippen molar-refractivity contribution in [3.63, 3.8) is 0 Å². The van der Waals surface area contributed by atoms with E-state index in [1.54, 1.807) is 48.8 Å². The molecular weight excluding hydrogens is 406 g/mol. The highest BCUT2D eigenvalue weighted by Crippen LogP contribution is 2.39. The summed E-state index contributed by atoms with van der Waals surface area (Å²) in [5.41, 5.74) is 1.24. The second kappa shape index (κ2) is 8.95. The van der Waals surface area contributed by atoms with Crippen LogP contribution in [0.5, 0.6) is 0 Å². The smallest absolute Gasteiger partial charge is 0.295 e. The van der Waals surface area contributed by atoms with Crippen LogP contribution in [0.15, 0.2) is 54.4 Å². The molecule has 4 rings (SSSR count). The lowest BCUT2D eigenvalue weighted by Gasteiger charge is -2.30. The van der Waals surface area contributed by atoms with Gasteiger partial charge >= 0.3 is 0 Å². The number of Topliss-reactive ketones (excluding diaryl/α,β-unsaturated/α-hetero) is 1. The Morgan fingerprint density at radius 3 is 2.40 bits per heavy atom. The van der Waals surface area contributed by atoms with Crippen LogP contribution in [-0.2, 0) is 14.3 Å². The summed E-state index contributed by atoms with van der Waals surface area (Å²) in [4.78, 5) is 33.6. The van der Waals surface area contributed by atoms with Gasteiger partial charge in [-0.05, 0) is 42.0 Å². The molecule has 30 heavy (non-hydrogen) atoms. The van der Waals surface area contributed by atoms with Crippen LogP contribution in [0, 0.1) is 0 Å². The van der Waals surface area contributed by atoms with E-state index in [0.29, 0.717) is 36.9 Å². The van der Waals surface area contributed by atoms with Crippen LogP contribution >= 0.6 is 11.6 Å². The Kier molecular flexibility index (Phi) is 6.13. The first-order valence-corrected chi connectivity index (χ1v) is 10.2. The number of aromatic nitrogens is 1. The number of carbonyl (C=O) groups is 2. The fourth-order valence-corrected chi connectivity index (χ4v) is 3.97. The highest BCUT2D eigenvalue weighted by atomic mass is 35.5. The van der Waals surface area contributed by atoms with Crippen molar-refractivity contribution in [1.82, 2.24) is 14.8 Å². The summed E-state index contributed by atoms with van der Waals surface area (Å²) in [6.45, 7) is 3.88. The number of aliphatic hydroxyl groups excluding tert-OH is 1. The number of halogens is 1. The predicted molar refractivity (Wildman–Crippen MR) is 112 cm³/mol. The summed E-state index contributed by atoms with van der Waals surface area (Å²) in [7, 11) is 0. The van der Waals surface area contributed by atoms with Crippen LogP contribution in [0.25, 0.3) is 5.76 Å². The van der Waals surface area contributed by atoms with E-state index < -0.39 is 17.7 Å². The molecule has 1 aromatic carbocycles. The van der Waals surface area contributed by atoms with E-state index in [-0.39, 0.29) is 11.3 Å². The van der Waals surface area contributed by atoms with E-state index in [1.807, 2.05) is 0 Å². The Balaban J connectivity index is 1.71. The normalized spacial score (nSPS) is 21.9. The molecule has 0 aliphatic carbocycles. The topological polar surface area (TPSA) is 83.0 Å². The fourth-order valence-electron chi connectivity index (χ4n) is 3.84. The standard InChI is InChI=1S/C22H22ClN3O4/c23-17-3-1-16(2-4-17)20(27)18-19(15-5-7-24-8-6-15)26(22(29)21(18)28)10-9-25-11-13-30-14-12-25/h1-8,19,27H,9-14H2/t19-/m0/s1. The third kappa shape index (κ3) is 4.09. The van der Waals surface area contributed by atoms with Crippen molar-refractivity contribution in [2.75, 3.05) is 39.4 Å². The molecule has 1 atom stereocenters. The largest absolute Gasteiger partial charge is 0.507 e. The lowest BCUT2D eigenvalue weighted by molar-refractivity contribution is -0.140. The molecule has 0 bridgehead atoms. The van der Waals surface area contributed by atoms with E-state index in [0.717, 1.165) is 18.7 Å².